The summed E-state index contributed by atoms with van der Waals surface area (Å²) in [5.41, 5.74) is 1.30. The Morgan fingerprint density at radius 1 is 1.18 bits per heavy atom. The first kappa shape index (κ1) is 14.3. The molecule has 0 bridgehead atoms. The van der Waals surface area contributed by atoms with Crippen molar-refractivity contribution in [3.05, 3.63) is 47.0 Å². The van der Waals surface area contributed by atoms with Gasteiger partial charge in [-0.1, -0.05) is 12.1 Å². The van der Waals surface area contributed by atoms with Crippen LogP contribution in [-0.2, 0) is 6.42 Å². The van der Waals surface area contributed by atoms with Crippen molar-refractivity contribution in [2.45, 2.75) is 13.3 Å². The van der Waals surface area contributed by atoms with Crippen LogP contribution in [0.15, 0.2) is 30.3 Å². The van der Waals surface area contributed by atoms with Crippen LogP contribution >= 0.6 is 0 Å². The highest BCUT2D eigenvalue weighted by Crippen LogP contribution is 2.41. The summed E-state index contributed by atoms with van der Waals surface area (Å²) in [6.07, 6.45) is 0.456. The number of ether oxygens (including phenoxy) is 1. The maximum absolute atomic E-state index is 12.6. The van der Waals surface area contributed by atoms with E-state index in [2.05, 4.69) is 0 Å². The fraction of sp³-hybridized carbons (Fsp3) is 0.235. The zero-order valence-corrected chi connectivity index (χ0v) is 12.0. The number of carbonyl (C=O) groups excluding carboxylic acids is 1. The second-order valence-corrected chi connectivity index (χ2v) is 5.49. The van der Waals surface area contributed by atoms with Gasteiger partial charge >= 0.3 is 0 Å². The molecule has 0 aromatic heterocycles. The van der Waals surface area contributed by atoms with E-state index in [1.54, 1.807) is 31.2 Å². The molecule has 3 rings (SSSR count). The summed E-state index contributed by atoms with van der Waals surface area (Å²) < 4.78 is 5.53. The zero-order valence-electron chi connectivity index (χ0n) is 12.0. The Balaban J connectivity index is 1.91. The summed E-state index contributed by atoms with van der Waals surface area (Å²) in [6, 6.07) is 7.99. The van der Waals surface area contributed by atoms with Gasteiger partial charge in [0.2, 0.25) is 0 Å². The SMILES string of the molecule is Cc1c(O)cc2c(c1O)C(=O)[C@@H](Cc1ccc(O)cc1)CO2. The minimum Gasteiger partial charge on any atom is -0.508 e. The third-order valence-corrected chi connectivity index (χ3v) is 3.97. The predicted molar refractivity (Wildman–Crippen MR) is 79.6 cm³/mol. The highest BCUT2D eigenvalue weighted by Gasteiger charge is 2.33. The van der Waals surface area contributed by atoms with E-state index in [1.807, 2.05) is 0 Å². The number of carbonyl (C=O) groups is 1. The fourth-order valence-electron chi connectivity index (χ4n) is 2.62. The van der Waals surface area contributed by atoms with Crippen LogP contribution in [0.25, 0.3) is 0 Å². The first-order chi connectivity index (χ1) is 10.5. The van der Waals surface area contributed by atoms with Crippen molar-refractivity contribution in [2.24, 2.45) is 5.92 Å². The average molecular weight is 300 g/mol. The Morgan fingerprint density at radius 3 is 2.55 bits per heavy atom. The Bertz CT molecular complexity index is 734. The van der Waals surface area contributed by atoms with E-state index in [0.29, 0.717) is 6.42 Å². The Kier molecular flexibility index (Phi) is 3.41. The first-order valence-electron chi connectivity index (χ1n) is 6.98. The molecule has 0 saturated carbocycles. The van der Waals surface area contributed by atoms with Crippen LogP contribution in [0.5, 0.6) is 23.0 Å². The molecule has 0 fully saturated rings. The highest BCUT2D eigenvalue weighted by atomic mass is 16.5. The Morgan fingerprint density at radius 2 is 1.86 bits per heavy atom. The molecule has 22 heavy (non-hydrogen) atoms. The lowest BCUT2D eigenvalue weighted by Gasteiger charge is -2.25. The molecule has 0 aliphatic carbocycles. The molecule has 2 aromatic rings. The van der Waals surface area contributed by atoms with Crippen molar-refractivity contribution >= 4 is 5.78 Å². The van der Waals surface area contributed by atoms with Gasteiger partial charge in [-0.3, -0.25) is 4.79 Å². The molecule has 0 unspecified atom stereocenters. The van der Waals surface area contributed by atoms with Crippen molar-refractivity contribution in [2.75, 3.05) is 6.61 Å². The number of fused-ring (bicyclic) bond motifs is 1. The Labute approximate surface area is 127 Å². The molecular weight excluding hydrogens is 284 g/mol. The number of aromatic hydroxyl groups is 3. The van der Waals surface area contributed by atoms with Gasteiger partial charge in [0.15, 0.2) is 5.78 Å². The van der Waals surface area contributed by atoms with E-state index in [1.165, 1.54) is 6.07 Å². The van der Waals surface area contributed by atoms with Gasteiger partial charge in [-0.05, 0) is 31.0 Å². The monoisotopic (exact) mass is 300 g/mol. The molecule has 1 heterocycles. The third-order valence-electron chi connectivity index (χ3n) is 3.97. The molecule has 5 heteroatoms. The first-order valence-corrected chi connectivity index (χ1v) is 6.98. The second-order valence-electron chi connectivity index (χ2n) is 5.49. The van der Waals surface area contributed by atoms with Crippen molar-refractivity contribution < 1.29 is 24.9 Å². The molecular formula is C17H16O5. The summed E-state index contributed by atoms with van der Waals surface area (Å²) in [4.78, 5) is 12.6. The van der Waals surface area contributed by atoms with E-state index >= 15 is 0 Å². The molecule has 0 saturated heterocycles. The van der Waals surface area contributed by atoms with Crippen LogP contribution in [0.1, 0.15) is 21.5 Å². The summed E-state index contributed by atoms with van der Waals surface area (Å²) in [6.45, 7) is 1.73. The lowest BCUT2D eigenvalue weighted by Crippen LogP contribution is -2.29. The summed E-state index contributed by atoms with van der Waals surface area (Å²) in [5.74, 6) is -0.546. The van der Waals surface area contributed by atoms with Gasteiger partial charge in [-0.15, -0.1) is 0 Å². The third kappa shape index (κ3) is 2.35. The summed E-state index contributed by atoms with van der Waals surface area (Å²) >= 11 is 0. The van der Waals surface area contributed by atoms with Crippen LogP contribution in [0, 0.1) is 12.8 Å². The molecule has 0 spiro atoms. The van der Waals surface area contributed by atoms with Crippen LogP contribution in [0.4, 0.5) is 0 Å². The van der Waals surface area contributed by atoms with E-state index in [9.17, 15) is 20.1 Å². The minimum absolute atomic E-state index is 0.0963. The highest BCUT2D eigenvalue weighted by molar-refractivity contribution is 6.04. The van der Waals surface area contributed by atoms with E-state index in [-0.39, 0.29) is 46.5 Å². The van der Waals surface area contributed by atoms with Crippen molar-refractivity contribution in [3.8, 4) is 23.0 Å². The van der Waals surface area contributed by atoms with Gasteiger partial charge in [0.25, 0.3) is 0 Å². The molecule has 2 aromatic carbocycles. The van der Waals surface area contributed by atoms with Crippen LogP contribution in [-0.4, -0.2) is 27.7 Å². The van der Waals surface area contributed by atoms with Crippen LogP contribution < -0.4 is 4.74 Å². The summed E-state index contributed by atoms with van der Waals surface area (Å²) in [7, 11) is 0. The number of phenolic OH excluding ortho intramolecular Hbond substituents is 3. The zero-order chi connectivity index (χ0) is 15.9. The molecule has 3 N–H and O–H groups in total. The average Bonchev–Trinajstić information content (AvgIpc) is 2.50. The number of hydrogen-bond donors (Lipinski definition) is 3. The second kappa shape index (κ2) is 5.26. The van der Waals surface area contributed by atoms with Crippen LogP contribution in [0.3, 0.4) is 0 Å². The van der Waals surface area contributed by atoms with Crippen molar-refractivity contribution in [1.29, 1.82) is 0 Å². The van der Waals surface area contributed by atoms with Gasteiger partial charge in [0, 0.05) is 11.6 Å². The molecule has 0 radical (unpaired) electrons. The molecule has 1 aliphatic heterocycles. The van der Waals surface area contributed by atoms with Gasteiger partial charge in [0.05, 0.1) is 12.5 Å². The number of ketones is 1. The van der Waals surface area contributed by atoms with E-state index < -0.39 is 5.92 Å². The number of benzene rings is 2. The van der Waals surface area contributed by atoms with Crippen molar-refractivity contribution in [1.82, 2.24) is 0 Å². The number of Topliss-reactive ketones (excluding diaryl/α,β-unsaturated/α-hetero) is 1. The largest absolute Gasteiger partial charge is 0.508 e. The molecule has 1 aliphatic rings. The molecule has 5 nitrogen and oxygen atoms in total. The van der Waals surface area contributed by atoms with Crippen LogP contribution in [0.2, 0.25) is 0 Å². The number of hydrogen-bond acceptors (Lipinski definition) is 5. The molecule has 0 amide bonds. The molecule has 114 valence electrons. The predicted octanol–water partition coefficient (Wildman–Crippen LogP) is 2.55. The van der Waals surface area contributed by atoms with Gasteiger partial charge in [-0.2, -0.15) is 0 Å². The van der Waals surface area contributed by atoms with Gasteiger partial charge in [0.1, 0.15) is 28.6 Å². The fourth-order valence-corrected chi connectivity index (χ4v) is 2.62. The Hall–Kier alpha value is -2.69. The lowest BCUT2D eigenvalue weighted by atomic mass is 9.88. The normalized spacial score (nSPS) is 17.0. The number of phenols is 3. The smallest absolute Gasteiger partial charge is 0.177 e. The quantitative estimate of drug-likeness (QED) is 0.793. The van der Waals surface area contributed by atoms with Crippen molar-refractivity contribution in [3.63, 3.8) is 0 Å². The van der Waals surface area contributed by atoms with Gasteiger partial charge in [-0.25, -0.2) is 0 Å². The maximum Gasteiger partial charge on any atom is 0.177 e. The maximum atomic E-state index is 12.6. The lowest BCUT2D eigenvalue weighted by molar-refractivity contribution is 0.0825. The van der Waals surface area contributed by atoms with Gasteiger partial charge < -0.3 is 20.1 Å². The topological polar surface area (TPSA) is 87.0 Å². The number of rotatable bonds is 2. The summed E-state index contributed by atoms with van der Waals surface area (Å²) in [5, 5.41) is 29.1. The standard InChI is InChI=1S/C17H16O5/c1-9-13(19)7-14-15(16(9)20)17(21)11(8-22-14)6-10-2-4-12(18)5-3-10/h2-5,7,11,18-20H,6,8H2,1H3/t11-/m0/s1. The minimum atomic E-state index is -0.410. The van der Waals surface area contributed by atoms with E-state index in [0.717, 1.165) is 5.56 Å². The molecule has 1 atom stereocenters. The van der Waals surface area contributed by atoms with E-state index in [4.69, 9.17) is 4.74 Å².